The van der Waals surface area contributed by atoms with E-state index in [0.717, 1.165) is 5.56 Å². The smallest absolute Gasteiger partial charge is 0.244 e. The van der Waals surface area contributed by atoms with E-state index >= 15 is 0 Å². The fraction of sp³-hybridized carbons (Fsp3) is 0.0667. The van der Waals surface area contributed by atoms with E-state index in [9.17, 15) is 8.94 Å². The van der Waals surface area contributed by atoms with Crippen LogP contribution in [0.15, 0.2) is 58.3 Å². The molecule has 0 fully saturated rings. The first-order valence-electron chi connectivity index (χ1n) is 6.15. The summed E-state index contributed by atoms with van der Waals surface area (Å²) < 4.78 is 29.6. The molecule has 4 nitrogen and oxygen atoms in total. The van der Waals surface area contributed by atoms with E-state index in [1.807, 2.05) is 0 Å². The number of nitrogens with zero attached hydrogens (tertiary/aromatic N) is 2. The minimum absolute atomic E-state index is 0.308. The Hall–Kier alpha value is -2.18. The lowest BCUT2D eigenvalue weighted by atomic mass is 10.2. The second-order valence-electron chi connectivity index (χ2n) is 4.38. The molecule has 2 heterocycles. The highest BCUT2D eigenvalue weighted by molar-refractivity contribution is 7.90. The number of rotatable bonds is 3. The van der Waals surface area contributed by atoms with Crippen molar-refractivity contribution in [1.82, 2.24) is 9.97 Å². The number of pyridine rings is 1. The van der Waals surface area contributed by atoms with E-state index in [1.165, 1.54) is 18.4 Å². The topological polar surface area (TPSA) is 62.0 Å². The van der Waals surface area contributed by atoms with Gasteiger partial charge in [-0.1, -0.05) is 0 Å². The zero-order valence-electron chi connectivity index (χ0n) is 11.1. The number of hydrogen-bond acceptors (Lipinski definition) is 4. The van der Waals surface area contributed by atoms with Crippen LogP contribution in [0.5, 0.6) is 0 Å². The Balaban J connectivity index is 1.89. The van der Waals surface area contributed by atoms with Crippen molar-refractivity contribution in [3.05, 3.63) is 54.7 Å². The standard InChI is InChI=1S/C15H11FN2O2S/c1-21(19)14-7-4-11(8-17-14)13-9-20-15(18-13)10-2-5-12(16)6-3-10/h2-9H,1H3. The average molecular weight is 302 g/mol. The SMILES string of the molecule is C[S+]([O-])c1ccc(-c2coc(-c3ccc(F)cc3)n2)cn1. The molecule has 0 saturated carbocycles. The molecule has 0 spiro atoms. The fourth-order valence-electron chi connectivity index (χ4n) is 1.83. The predicted octanol–water partition coefficient (Wildman–Crippen LogP) is 3.28. The zero-order valence-corrected chi connectivity index (χ0v) is 11.9. The first-order chi connectivity index (χ1) is 10.1. The summed E-state index contributed by atoms with van der Waals surface area (Å²) in [5.41, 5.74) is 2.08. The van der Waals surface area contributed by atoms with Crippen molar-refractivity contribution in [3.63, 3.8) is 0 Å². The molecule has 0 aliphatic carbocycles. The summed E-state index contributed by atoms with van der Waals surface area (Å²) in [6.45, 7) is 0. The molecule has 1 unspecified atom stereocenters. The zero-order chi connectivity index (χ0) is 14.8. The maximum absolute atomic E-state index is 12.9. The Morgan fingerprint density at radius 3 is 2.43 bits per heavy atom. The van der Waals surface area contributed by atoms with Gasteiger partial charge in [-0.15, -0.1) is 0 Å². The Kier molecular flexibility index (Phi) is 3.72. The minimum Gasteiger partial charge on any atom is -0.610 e. The van der Waals surface area contributed by atoms with Crippen molar-refractivity contribution < 1.29 is 13.4 Å². The van der Waals surface area contributed by atoms with Crippen LogP contribution in [0.25, 0.3) is 22.7 Å². The molecule has 1 atom stereocenters. The summed E-state index contributed by atoms with van der Waals surface area (Å²) in [7, 11) is 0. The lowest BCUT2D eigenvalue weighted by Gasteiger charge is -2.02. The lowest BCUT2D eigenvalue weighted by molar-refractivity contribution is 0.574. The molecule has 0 radical (unpaired) electrons. The van der Waals surface area contributed by atoms with Crippen LogP contribution in [0.1, 0.15) is 0 Å². The summed E-state index contributed by atoms with van der Waals surface area (Å²) >= 11 is -1.11. The molecule has 6 heteroatoms. The molecule has 3 rings (SSSR count). The summed E-state index contributed by atoms with van der Waals surface area (Å²) in [4.78, 5) is 8.47. The van der Waals surface area contributed by atoms with Gasteiger partial charge in [0.1, 0.15) is 24.0 Å². The number of hydrogen-bond donors (Lipinski definition) is 0. The van der Waals surface area contributed by atoms with Gasteiger partial charge in [0.05, 0.1) is 0 Å². The van der Waals surface area contributed by atoms with Gasteiger partial charge in [0.15, 0.2) is 0 Å². The summed E-state index contributed by atoms with van der Waals surface area (Å²) in [6.07, 6.45) is 4.69. The quantitative estimate of drug-likeness (QED) is 0.697. The Morgan fingerprint density at radius 1 is 1.10 bits per heavy atom. The van der Waals surface area contributed by atoms with E-state index < -0.39 is 11.2 Å². The number of halogens is 1. The molecular weight excluding hydrogens is 291 g/mol. The molecule has 0 aliphatic heterocycles. The Bertz CT molecular complexity index is 739. The maximum Gasteiger partial charge on any atom is 0.244 e. The van der Waals surface area contributed by atoms with E-state index in [-0.39, 0.29) is 5.82 Å². The molecule has 0 bridgehead atoms. The maximum atomic E-state index is 12.9. The van der Waals surface area contributed by atoms with Crippen LogP contribution >= 0.6 is 0 Å². The molecule has 106 valence electrons. The van der Waals surface area contributed by atoms with Gasteiger partial charge in [-0.2, -0.15) is 0 Å². The van der Waals surface area contributed by atoms with Gasteiger partial charge in [0.25, 0.3) is 0 Å². The van der Waals surface area contributed by atoms with Gasteiger partial charge in [-0.05, 0) is 30.3 Å². The van der Waals surface area contributed by atoms with Crippen LogP contribution in [0.2, 0.25) is 0 Å². The monoisotopic (exact) mass is 302 g/mol. The molecular formula is C15H11FN2O2S. The minimum atomic E-state index is -1.11. The number of benzene rings is 1. The third-order valence-electron chi connectivity index (χ3n) is 2.92. The molecule has 1 aromatic carbocycles. The van der Waals surface area contributed by atoms with E-state index in [2.05, 4.69) is 9.97 Å². The van der Waals surface area contributed by atoms with Crippen molar-refractivity contribution in [3.8, 4) is 22.7 Å². The molecule has 0 saturated heterocycles. The van der Waals surface area contributed by atoms with Crippen LogP contribution in [0.4, 0.5) is 4.39 Å². The molecule has 2 aromatic heterocycles. The third kappa shape index (κ3) is 2.96. The highest BCUT2D eigenvalue weighted by Crippen LogP contribution is 2.24. The van der Waals surface area contributed by atoms with Crippen molar-refractivity contribution in [2.45, 2.75) is 5.03 Å². The van der Waals surface area contributed by atoms with Gasteiger partial charge in [-0.3, -0.25) is 0 Å². The van der Waals surface area contributed by atoms with Gasteiger partial charge in [-0.25, -0.2) is 14.4 Å². The van der Waals surface area contributed by atoms with Gasteiger partial charge in [0, 0.05) is 34.6 Å². The second kappa shape index (κ2) is 5.67. The normalized spacial score (nSPS) is 12.3. The average Bonchev–Trinajstić information content (AvgIpc) is 2.98. The molecule has 0 amide bonds. The van der Waals surface area contributed by atoms with E-state index in [1.54, 1.807) is 36.7 Å². The van der Waals surface area contributed by atoms with Gasteiger partial charge in [0.2, 0.25) is 10.9 Å². The predicted molar refractivity (Wildman–Crippen MR) is 77.5 cm³/mol. The van der Waals surface area contributed by atoms with Crippen molar-refractivity contribution >= 4 is 11.2 Å². The van der Waals surface area contributed by atoms with Gasteiger partial charge < -0.3 is 8.97 Å². The first-order valence-corrected chi connectivity index (χ1v) is 7.70. The van der Waals surface area contributed by atoms with Crippen LogP contribution in [0, 0.1) is 5.82 Å². The van der Waals surface area contributed by atoms with Crippen LogP contribution < -0.4 is 0 Å². The summed E-state index contributed by atoms with van der Waals surface area (Å²) in [5.74, 6) is 0.103. The third-order valence-corrected chi connectivity index (χ3v) is 3.75. The van der Waals surface area contributed by atoms with Crippen molar-refractivity contribution in [2.75, 3.05) is 6.26 Å². The van der Waals surface area contributed by atoms with Crippen LogP contribution in [-0.2, 0) is 11.2 Å². The first kappa shape index (κ1) is 13.8. The lowest BCUT2D eigenvalue weighted by Crippen LogP contribution is -1.99. The molecule has 3 aromatic rings. The Labute approximate surface area is 123 Å². The van der Waals surface area contributed by atoms with Crippen molar-refractivity contribution in [2.24, 2.45) is 0 Å². The van der Waals surface area contributed by atoms with E-state index in [4.69, 9.17) is 4.42 Å². The van der Waals surface area contributed by atoms with Crippen LogP contribution in [-0.4, -0.2) is 20.8 Å². The highest BCUT2D eigenvalue weighted by Gasteiger charge is 2.11. The highest BCUT2D eigenvalue weighted by atomic mass is 32.2. The summed E-state index contributed by atoms with van der Waals surface area (Å²) in [6, 6.07) is 9.39. The summed E-state index contributed by atoms with van der Waals surface area (Å²) in [5, 5.41) is 0.515. The van der Waals surface area contributed by atoms with Crippen LogP contribution in [0.3, 0.4) is 0 Å². The second-order valence-corrected chi connectivity index (χ2v) is 5.71. The largest absolute Gasteiger partial charge is 0.610 e. The van der Waals surface area contributed by atoms with Gasteiger partial charge >= 0.3 is 0 Å². The molecule has 0 aliphatic rings. The number of oxazole rings is 1. The Morgan fingerprint density at radius 2 is 1.81 bits per heavy atom. The van der Waals surface area contributed by atoms with E-state index in [0.29, 0.717) is 22.2 Å². The molecule has 21 heavy (non-hydrogen) atoms. The van der Waals surface area contributed by atoms with Crippen molar-refractivity contribution in [1.29, 1.82) is 0 Å². The molecule has 0 N–H and O–H groups in total. The number of aromatic nitrogens is 2. The fourth-order valence-corrected chi connectivity index (χ4v) is 2.29.